The van der Waals surface area contributed by atoms with E-state index in [1.165, 1.54) is 20.0 Å². The van der Waals surface area contributed by atoms with Crippen molar-refractivity contribution in [3.63, 3.8) is 0 Å². The average molecular weight is 279 g/mol. The van der Waals surface area contributed by atoms with Gasteiger partial charge in [0.2, 0.25) is 0 Å². The van der Waals surface area contributed by atoms with Crippen LogP contribution in [-0.2, 0) is 5.54 Å². The summed E-state index contributed by atoms with van der Waals surface area (Å²) in [5, 5.41) is 0. The summed E-state index contributed by atoms with van der Waals surface area (Å²) in [5.41, 5.74) is 7.12. The van der Waals surface area contributed by atoms with Crippen molar-refractivity contribution in [1.29, 1.82) is 0 Å². The van der Waals surface area contributed by atoms with Crippen LogP contribution in [0.2, 0.25) is 0 Å². The third-order valence-corrected chi connectivity index (χ3v) is 4.42. The van der Waals surface area contributed by atoms with Crippen molar-refractivity contribution >= 4 is 0 Å². The minimum absolute atomic E-state index is 0.284. The molecule has 0 aromatic heterocycles. The molecule has 0 spiro atoms. The van der Waals surface area contributed by atoms with Gasteiger partial charge < -0.3 is 10.5 Å². The molecule has 1 aromatic carbocycles. The van der Waals surface area contributed by atoms with Crippen LogP contribution in [0.3, 0.4) is 0 Å². The quantitative estimate of drug-likeness (QED) is 0.895. The Morgan fingerprint density at radius 1 is 1.45 bits per heavy atom. The molecule has 0 radical (unpaired) electrons. The van der Waals surface area contributed by atoms with Crippen molar-refractivity contribution in [2.24, 2.45) is 17.6 Å². The summed E-state index contributed by atoms with van der Waals surface area (Å²) in [7, 11) is 1.48. The average Bonchev–Trinajstić information content (AvgIpc) is 2.38. The maximum absolute atomic E-state index is 13.9. The highest BCUT2D eigenvalue weighted by atomic mass is 19.1. The Morgan fingerprint density at radius 3 is 2.80 bits per heavy atom. The number of rotatable bonds is 4. The molecule has 2 unspecified atom stereocenters. The van der Waals surface area contributed by atoms with Crippen LogP contribution in [0.1, 0.15) is 51.5 Å². The second kappa shape index (κ2) is 6.13. The fraction of sp³-hybridized carbons (Fsp3) is 0.647. The number of hydrogen-bond acceptors (Lipinski definition) is 2. The van der Waals surface area contributed by atoms with Crippen molar-refractivity contribution in [3.05, 3.63) is 29.6 Å². The predicted molar refractivity (Wildman–Crippen MR) is 80.2 cm³/mol. The van der Waals surface area contributed by atoms with Crippen LogP contribution < -0.4 is 10.5 Å². The number of hydrogen-bond donors (Lipinski definition) is 1. The Kier molecular flexibility index (Phi) is 4.69. The van der Waals surface area contributed by atoms with Gasteiger partial charge in [0.15, 0.2) is 11.6 Å². The number of methoxy groups -OCH3 is 1. The highest BCUT2D eigenvalue weighted by Gasteiger charge is 2.34. The van der Waals surface area contributed by atoms with Crippen molar-refractivity contribution < 1.29 is 9.13 Å². The molecule has 1 saturated carbocycles. The Balaban J connectivity index is 2.19. The molecule has 1 aliphatic carbocycles. The lowest BCUT2D eigenvalue weighted by Gasteiger charge is -2.39. The van der Waals surface area contributed by atoms with Gasteiger partial charge in [-0.1, -0.05) is 32.8 Å². The molecule has 2 rings (SSSR count). The van der Waals surface area contributed by atoms with Crippen molar-refractivity contribution in [3.8, 4) is 5.75 Å². The van der Waals surface area contributed by atoms with Crippen LogP contribution in [0.15, 0.2) is 18.2 Å². The molecule has 0 heterocycles. The normalized spacial score (nSPS) is 26.8. The number of halogens is 1. The van der Waals surface area contributed by atoms with Crippen LogP contribution in [0.5, 0.6) is 5.75 Å². The van der Waals surface area contributed by atoms with Gasteiger partial charge in [0, 0.05) is 5.54 Å². The molecule has 1 fully saturated rings. The fourth-order valence-electron chi connectivity index (χ4n) is 3.53. The molecule has 2 atom stereocenters. The van der Waals surface area contributed by atoms with E-state index in [9.17, 15) is 4.39 Å². The molecule has 1 aliphatic rings. The van der Waals surface area contributed by atoms with E-state index in [-0.39, 0.29) is 17.1 Å². The summed E-state index contributed by atoms with van der Waals surface area (Å²) >= 11 is 0. The van der Waals surface area contributed by atoms with Gasteiger partial charge in [0.1, 0.15) is 0 Å². The summed E-state index contributed by atoms with van der Waals surface area (Å²) in [6.45, 7) is 4.50. The molecule has 0 aliphatic heterocycles. The van der Waals surface area contributed by atoms with Crippen molar-refractivity contribution in [2.45, 2.75) is 51.5 Å². The molecule has 2 nitrogen and oxygen atoms in total. The first-order chi connectivity index (χ1) is 9.44. The maximum atomic E-state index is 13.9. The Morgan fingerprint density at radius 2 is 2.20 bits per heavy atom. The van der Waals surface area contributed by atoms with Gasteiger partial charge in [0.05, 0.1) is 7.11 Å². The molecule has 1 aromatic rings. The van der Waals surface area contributed by atoms with Gasteiger partial charge in [-0.2, -0.15) is 0 Å². The molecule has 0 amide bonds. The number of benzene rings is 1. The lowest BCUT2D eigenvalue weighted by atomic mass is 9.70. The van der Waals surface area contributed by atoms with Crippen LogP contribution in [0.4, 0.5) is 4.39 Å². The molecular weight excluding hydrogens is 253 g/mol. The van der Waals surface area contributed by atoms with E-state index in [1.54, 1.807) is 12.1 Å². The summed E-state index contributed by atoms with van der Waals surface area (Å²) in [6, 6.07) is 5.15. The summed E-state index contributed by atoms with van der Waals surface area (Å²) in [6.07, 6.45) is 5.47. The van der Waals surface area contributed by atoms with E-state index in [4.69, 9.17) is 10.5 Å². The van der Waals surface area contributed by atoms with Crippen molar-refractivity contribution in [1.82, 2.24) is 0 Å². The van der Waals surface area contributed by atoms with Gasteiger partial charge in [-0.25, -0.2) is 4.39 Å². The van der Waals surface area contributed by atoms with Crippen LogP contribution in [0, 0.1) is 17.7 Å². The largest absolute Gasteiger partial charge is 0.494 e. The highest BCUT2D eigenvalue weighted by molar-refractivity contribution is 5.33. The summed E-state index contributed by atoms with van der Waals surface area (Å²) in [4.78, 5) is 0. The standard InChI is InChI=1S/C17H26FNO/c1-12(2)9-13-5-4-8-17(19,11-13)14-6-7-16(20-3)15(18)10-14/h6-7,10,12-13H,4-5,8-9,11,19H2,1-3H3. The van der Waals surface area contributed by atoms with Gasteiger partial charge in [-0.3, -0.25) is 0 Å². The molecule has 0 bridgehead atoms. The van der Waals surface area contributed by atoms with Gasteiger partial charge in [-0.15, -0.1) is 0 Å². The van der Waals surface area contributed by atoms with E-state index >= 15 is 0 Å². The fourth-order valence-corrected chi connectivity index (χ4v) is 3.53. The zero-order valence-corrected chi connectivity index (χ0v) is 12.8. The molecule has 112 valence electrons. The minimum Gasteiger partial charge on any atom is -0.494 e. The van der Waals surface area contributed by atoms with Gasteiger partial charge in [0.25, 0.3) is 0 Å². The van der Waals surface area contributed by atoms with Gasteiger partial charge >= 0.3 is 0 Å². The zero-order chi connectivity index (χ0) is 14.8. The van der Waals surface area contributed by atoms with E-state index in [0.717, 1.165) is 24.8 Å². The van der Waals surface area contributed by atoms with Crippen LogP contribution in [-0.4, -0.2) is 7.11 Å². The number of nitrogens with two attached hydrogens (primary N) is 1. The van der Waals surface area contributed by atoms with E-state index in [2.05, 4.69) is 13.8 Å². The molecular formula is C17H26FNO. The first-order valence-corrected chi connectivity index (χ1v) is 7.57. The molecule has 3 heteroatoms. The summed E-state index contributed by atoms with van der Waals surface area (Å²) in [5.74, 6) is 1.31. The zero-order valence-electron chi connectivity index (χ0n) is 12.8. The highest BCUT2D eigenvalue weighted by Crippen LogP contribution is 2.41. The predicted octanol–water partition coefficient (Wildman–Crippen LogP) is 4.22. The molecule has 0 saturated heterocycles. The smallest absolute Gasteiger partial charge is 0.165 e. The first kappa shape index (κ1) is 15.3. The first-order valence-electron chi connectivity index (χ1n) is 7.57. The Bertz CT molecular complexity index is 460. The Labute approximate surface area is 121 Å². The van der Waals surface area contributed by atoms with E-state index in [1.807, 2.05) is 6.07 Å². The lowest BCUT2D eigenvalue weighted by Crippen LogP contribution is -2.41. The molecule has 20 heavy (non-hydrogen) atoms. The lowest BCUT2D eigenvalue weighted by molar-refractivity contribution is 0.202. The molecule has 2 N–H and O–H groups in total. The maximum Gasteiger partial charge on any atom is 0.165 e. The second-order valence-corrected chi connectivity index (χ2v) is 6.60. The van der Waals surface area contributed by atoms with Crippen LogP contribution in [0.25, 0.3) is 0 Å². The van der Waals surface area contributed by atoms with E-state index in [0.29, 0.717) is 11.8 Å². The number of ether oxygens (including phenoxy) is 1. The Hall–Kier alpha value is -1.09. The van der Waals surface area contributed by atoms with Gasteiger partial charge in [-0.05, 0) is 48.8 Å². The third kappa shape index (κ3) is 3.32. The monoisotopic (exact) mass is 279 g/mol. The second-order valence-electron chi connectivity index (χ2n) is 6.60. The SMILES string of the molecule is COc1ccc(C2(N)CCCC(CC(C)C)C2)cc1F. The van der Waals surface area contributed by atoms with E-state index < -0.39 is 0 Å². The van der Waals surface area contributed by atoms with Crippen LogP contribution >= 0.6 is 0 Å². The van der Waals surface area contributed by atoms with Crippen molar-refractivity contribution in [2.75, 3.05) is 7.11 Å². The third-order valence-electron chi connectivity index (χ3n) is 4.42. The minimum atomic E-state index is -0.384. The summed E-state index contributed by atoms with van der Waals surface area (Å²) < 4.78 is 18.9. The topological polar surface area (TPSA) is 35.2 Å².